The number of fused-ring (bicyclic) bond motifs is 1. The number of aromatic nitrogens is 1. The molecule has 0 saturated carbocycles. The Morgan fingerprint density at radius 2 is 2.05 bits per heavy atom. The van der Waals surface area contributed by atoms with Crippen molar-refractivity contribution < 1.29 is 0 Å². The third-order valence-corrected chi connectivity index (χ3v) is 3.68. The highest BCUT2D eigenvalue weighted by Crippen LogP contribution is 2.32. The fourth-order valence-corrected chi connectivity index (χ4v) is 2.70. The van der Waals surface area contributed by atoms with E-state index in [2.05, 4.69) is 53.5 Å². The molecular formula is C17H21N3. The molecule has 0 unspecified atom stereocenters. The average Bonchev–Trinajstić information content (AvgIpc) is 2.52. The van der Waals surface area contributed by atoms with E-state index in [-0.39, 0.29) is 0 Å². The fraction of sp³-hybridized carbons (Fsp3) is 0.353. The number of aryl methyl sites for hydroxylation is 1. The van der Waals surface area contributed by atoms with Gasteiger partial charge < -0.3 is 10.2 Å². The summed E-state index contributed by atoms with van der Waals surface area (Å²) >= 11 is 0. The smallest absolute Gasteiger partial charge is 0.135 e. The summed E-state index contributed by atoms with van der Waals surface area (Å²) in [6.07, 6.45) is 3.46. The average molecular weight is 267 g/mol. The lowest BCUT2D eigenvalue weighted by Gasteiger charge is -2.30. The SMILES string of the molecule is CCCNc1cccc(N2CCCc3ccccc32)n1. The van der Waals surface area contributed by atoms with Crippen LogP contribution in [0.5, 0.6) is 0 Å². The van der Waals surface area contributed by atoms with Crippen LogP contribution in [0.4, 0.5) is 17.3 Å². The minimum Gasteiger partial charge on any atom is -0.370 e. The molecule has 0 radical (unpaired) electrons. The minimum atomic E-state index is 0.965. The highest BCUT2D eigenvalue weighted by Gasteiger charge is 2.18. The van der Waals surface area contributed by atoms with Crippen molar-refractivity contribution in [1.29, 1.82) is 0 Å². The maximum atomic E-state index is 4.75. The number of hydrogen-bond acceptors (Lipinski definition) is 3. The molecule has 0 aliphatic carbocycles. The lowest BCUT2D eigenvalue weighted by molar-refractivity contribution is 0.760. The standard InChI is InChI=1S/C17H21N3/c1-2-12-18-16-10-5-11-17(19-16)20-13-6-8-14-7-3-4-9-15(14)20/h3-5,7,9-11H,2,6,8,12-13H2,1H3,(H,18,19). The maximum Gasteiger partial charge on any atom is 0.135 e. The quantitative estimate of drug-likeness (QED) is 0.908. The highest BCUT2D eigenvalue weighted by molar-refractivity contribution is 5.66. The summed E-state index contributed by atoms with van der Waals surface area (Å²) in [6.45, 7) is 4.17. The molecule has 3 nitrogen and oxygen atoms in total. The number of para-hydroxylation sites is 1. The van der Waals surface area contributed by atoms with Gasteiger partial charge in [0, 0.05) is 18.8 Å². The van der Waals surface area contributed by atoms with Crippen molar-refractivity contribution >= 4 is 17.3 Å². The molecular weight excluding hydrogens is 246 g/mol. The first kappa shape index (κ1) is 13.0. The number of nitrogens with zero attached hydrogens (tertiary/aromatic N) is 2. The van der Waals surface area contributed by atoms with Crippen LogP contribution in [0.3, 0.4) is 0 Å². The molecule has 2 aromatic rings. The fourth-order valence-electron chi connectivity index (χ4n) is 2.70. The predicted molar refractivity (Wildman–Crippen MR) is 84.8 cm³/mol. The Hall–Kier alpha value is -2.03. The van der Waals surface area contributed by atoms with Gasteiger partial charge in [-0.3, -0.25) is 0 Å². The van der Waals surface area contributed by atoms with Gasteiger partial charge in [0.25, 0.3) is 0 Å². The molecule has 104 valence electrons. The summed E-state index contributed by atoms with van der Waals surface area (Å²) in [5.41, 5.74) is 2.73. The third kappa shape index (κ3) is 2.62. The molecule has 3 rings (SSSR count). The van der Waals surface area contributed by atoms with Gasteiger partial charge in [-0.2, -0.15) is 0 Å². The largest absolute Gasteiger partial charge is 0.370 e. The molecule has 1 aliphatic rings. The second kappa shape index (κ2) is 5.95. The molecule has 0 saturated heterocycles. The second-order valence-electron chi connectivity index (χ2n) is 5.19. The zero-order valence-corrected chi connectivity index (χ0v) is 12.0. The van der Waals surface area contributed by atoms with Gasteiger partial charge in [-0.15, -0.1) is 0 Å². The lowest BCUT2D eigenvalue weighted by atomic mass is 10.0. The van der Waals surface area contributed by atoms with Crippen LogP contribution in [0.15, 0.2) is 42.5 Å². The van der Waals surface area contributed by atoms with E-state index in [1.54, 1.807) is 0 Å². The number of anilines is 3. The topological polar surface area (TPSA) is 28.2 Å². The van der Waals surface area contributed by atoms with Crippen LogP contribution >= 0.6 is 0 Å². The van der Waals surface area contributed by atoms with Crippen molar-refractivity contribution in [1.82, 2.24) is 4.98 Å². The molecule has 1 aliphatic heterocycles. The number of hydrogen-bond donors (Lipinski definition) is 1. The molecule has 1 aromatic heterocycles. The van der Waals surface area contributed by atoms with E-state index in [0.717, 1.165) is 31.1 Å². The Kier molecular flexibility index (Phi) is 3.86. The van der Waals surface area contributed by atoms with Crippen LogP contribution < -0.4 is 10.2 Å². The molecule has 1 aromatic carbocycles. The summed E-state index contributed by atoms with van der Waals surface area (Å²) in [5.74, 6) is 2.01. The molecule has 0 amide bonds. The monoisotopic (exact) mass is 267 g/mol. The van der Waals surface area contributed by atoms with Crippen LogP contribution in [-0.2, 0) is 6.42 Å². The Balaban J connectivity index is 1.90. The van der Waals surface area contributed by atoms with E-state index in [0.29, 0.717) is 0 Å². The third-order valence-electron chi connectivity index (χ3n) is 3.68. The van der Waals surface area contributed by atoms with Crippen molar-refractivity contribution in [3.8, 4) is 0 Å². The molecule has 1 N–H and O–H groups in total. The first-order valence-electron chi connectivity index (χ1n) is 7.45. The first-order valence-corrected chi connectivity index (χ1v) is 7.45. The van der Waals surface area contributed by atoms with Gasteiger partial charge in [-0.25, -0.2) is 4.98 Å². The van der Waals surface area contributed by atoms with Crippen LogP contribution in [0.25, 0.3) is 0 Å². The summed E-state index contributed by atoms with van der Waals surface area (Å²) in [5, 5.41) is 3.36. The van der Waals surface area contributed by atoms with Crippen molar-refractivity contribution in [3.05, 3.63) is 48.0 Å². The van der Waals surface area contributed by atoms with E-state index < -0.39 is 0 Å². The van der Waals surface area contributed by atoms with Gasteiger partial charge in [0.1, 0.15) is 11.6 Å². The Morgan fingerprint density at radius 1 is 1.15 bits per heavy atom. The van der Waals surface area contributed by atoms with E-state index in [1.165, 1.54) is 24.1 Å². The van der Waals surface area contributed by atoms with E-state index >= 15 is 0 Å². The van der Waals surface area contributed by atoms with Crippen molar-refractivity contribution in [3.63, 3.8) is 0 Å². The predicted octanol–water partition coefficient (Wildman–Crippen LogP) is 3.99. The number of pyridine rings is 1. The van der Waals surface area contributed by atoms with Gasteiger partial charge in [-0.05, 0) is 43.0 Å². The van der Waals surface area contributed by atoms with E-state index in [1.807, 2.05) is 6.07 Å². The first-order chi connectivity index (χ1) is 9.88. The molecule has 0 fully saturated rings. The molecule has 20 heavy (non-hydrogen) atoms. The van der Waals surface area contributed by atoms with Gasteiger partial charge in [0.15, 0.2) is 0 Å². The molecule has 2 heterocycles. The summed E-state index contributed by atoms with van der Waals surface area (Å²) in [7, 11) is 0. The highest BCUT2D eigenvalue weighted by atomic mass is 15.2. The summed E-state index contributed by atoms with van der Waals surface area (Å²) in [4.78, 5) is 7.08. The molecule has 3 heteroatoms. The Bertz CT molecular complexity index is 580. The van der Waals surface area contributed by atoms with Crippen LogP contribution in [-0.4, -0.2) is 18.1 Å². The van der Waals surface area contributed by atoms with E-state index in [9.17, 15) is 0 Å². The van der Waals surface area contributed by atoms with Gasteiger partial charge in [0.2, 0.25) is 0 Å². The second-order valence-corrected chi connectivity index (χ2v) is 5.19. The Morgan fingerprint density at radius 3 is 2.95 bits per heavy atom. The van der Waals surface area contributed by atoms with Crippen molar-refractivity contribution in [2.24, 2.45) is 0 Å². The van der Waals surface area contributed by atoms with Crippen molar-refractivity contribution in [2.45, 2.75) is 26.2 Å². The number of rotatable bonds is 4. The van der Waals surface area contributed by atoms with Gasteiger partial charge >= 0.3 is 0 Å². The number of nitrogens with one attached hydrogen (secondary N) is 1. The van der Waals surface area contributed by atoms with Crippen LogP contribution in [0.2, 0.25) is 0 Å². The van der Waals surface area contributed by atoms with Crippen molar-refractivity contribution in [2.75, 3.05) is 23.3 Å². The normalized spacial score (nSPS) is 13.9. The molecule has 0 bridgehead atoms. The van der Waals surface area contributed by atoms with E-state index in [4.69, 9.17) is 4.98 Å². The zero-order valence-electron chi connectivity index (χ0n) is 12.0. The van der Waals surface area contributed by atoms with Crippen LogP contribution in [0, 0.1) is 0 Å². The Labute approximate surface area is 120 Å². The lowest BCUT2D eigenvalue weighted by Crippen LogP contribution is -2.25. The zero-order chi connectivity index (χ0) is 13.8. The number of benzene rings is 1. The summed E-state index contributed by atoms with van der Waals surface area (Å²) in [6, 6.07) is 14.9. The minimum absolute atomic E-state index is 0.965. The van der Waals surface area contributed by atoms with Gasteiger partial charge in [0.05, 0.1) is 0 Å². The van der Waals surface area contributed by atoms with Gasteiger partial charge in [-0.1, -0.05) is 31.2 Å². The summed E-state index contributed by atoms with van der Waals surface area (Å²) < 4.78 is 0. The van der Waals surface area contributed by atoms with Crippen LogP contribution in [0.1, 0.15) is 25.3 Å². The molecule has 0 atom stereocenters. The molecule has 0 spiro atoms. The maximum absolute atomic E-state index is 4.75.